The van der Waals surface area contributed by atoms with Crippen molar-refractivity contribution in [1.29, 1.82) is 0 Å². The average Bonchev–Trinajstić information content (AvgIpc) is 3.33. The number of amides is 1. The maximum Gasteiger partial charge on any atom is 0.305 e. The summed E-state index contributed by atoms with van der Waals surface area (Å²) in [6.45, 7) is 4.91. The van der Waals surface area contributed by atoms with Crippen LogP contribution in [0.25, 0.3) is 0 Å². The van der Waals surface area contributed by atoms with Gasteiger partial charge in [0.25, 0.3) is 0 Å². The van der Waals surface area contributed by atoms with Gasteiger partial charge in [-0.2, -0.15) is 0 Å². The lowest BCUT2D eigenvalue weighted by molar-refractivity contribution is -0.143. The third-order valence-electron chi connectivity index (χ3n) is 14.3. The number of hydrogen-bond donors (Lipinski definition) is 3. The molecule has 0 rings (SSSR count). The van der Waals surface area contributed by atoms with Crippen molar-refractivity contribution in [2.45, 2.75) is 353 Å². The molecule has 0 aromatic heterocycles. The van der Waals surface area contributed by atoms with E-state index in [-0.39, 0.29) is 18.5 Å². The Kier molecular flexibility index (Phi) is 56.0. The minimum atomic E-state index is -0.683. The Morgan fingerprint density at radius 3 is 1.06 bits per heavy atom. The summed E-state index contributed by atoms with van der Waals surface area (Å²) < 4.78 is 5.46. The summed E-state index contributed by atoms with van der Waals surface area (Å²) >= 11 is 0. The van der Waals surface area contributed by atoms with Crippen LogP contribution in [0.5, 0.6) is 0 Å². The van der Waals surface area contributed by atoms with Crippen LogP contribution in [0.4, 0.5) is 0 Å². The first-order valence-electron chi connectivity index (χ1n) is 30.4. The quantitative estimate of drug-likeness (QED) is 0.0321. The summed E-state index contributed by atoms with van der Waals surface area (Å²) in [6.07, 6.45) is 67.9. The molecule has 0 aromatic carbocycles. The molecule has 6 heteroatoms. The normalized spacial score (nSPS) is 12.6. The number of carbonyl (C=O) groups is 2. The van der Waals surface area contributed by atoms with Crippen LogP contribution in [-0.4, -0.2) is 47.4 Å². The number of aliphatic hydroxyl groups excluding tert-OH is 2. The van der Waals surface area contributed by atoms with Crippen molar-refractivity contribution in [3.63, 3.8) is 0 Å². The predicted molar refractivity (Wildman–Crippen MR) is 292 cm³/mol. The molecule has 3 N–H and O–H groups in total. The van der Waals surface area contributed by atoms with Crippen LogP contribution in [0.15, 0.2) is 12.2 Å². The molecule has 2 atom stereocenters. The zero-order valence-electron chi connectivity index (χ0n) is 45.4. The number of allylic oxidation sites excluding steroid dienone is 2. The van der Waals surface area contributed by atoms with Gasteiger partial charge in [0.15, 0.2) is 0 Å². The number of nitrogens with one attached hydrogen (secondary N) is 1. The van der Waals surface area contributed by atoms with Crippen molar-refractivity contribution in [3.8, 4) is 0 Å². The van der Waals surface area contributed by atoms with Crippen LogP contribution in [0.3, 0.4) is 0 Å². The van der Waals surface area contributed by atoms with Gasteiger partial charge in [-0.3, -0.25) is 9.59 Å². The molecule has 2 unspecified atom stereocenters. The van der Waals surface area contributed by atoms with Gasteiger partial charge >= 0.3 is 5.97 Å². The van der Waals surface area contributed by atoms with Crippen LogP contribution in [0.1, 0.15) is 341 Å². The fraction of sp³-hybridized carbons (Fsp3) is 0.934. The molecule has 0 radical (unpaired) electrons. The zero-order chi connectivity index (χ0) is 48.6. The Balaban J connectivity index is 3.47. The Labute approximate surface area is 419 Å². The summed E-state index contributed by atoms with van der Waals surface area (Å²) in [5, 5.41) is 23.3. The molecule has 0 aliphatic heterocycles. The molecule has 398 valence electrons. The predicted octanol–water partition coefficient (Wildman–Crippen LogP) is 18.9. The summed E-state index contributed by atoms with van der Waals surface area (Å²) in [4.78, 5) is 24.6. The molecule has 67 heavy (non-hydrogen) atoms. The largest absolute Gasteiger partial charge is 0.466 e. The van der Waals surface area contributed by atoms with Crippen molar-refractivity contribution in [3.05, 3.63) is 12.2 Å². The monoisotopic (exact) mass is 946 g/mol. The molecule has 0 spiro atoms. The lowest BCUT2D eigenvalue weighted by atomic mass is 10.0. The first kappa shape index (κ1) is 65.6. The SMILES string of the molecule is CCCCCCCCCCCCCCCCCCCCCCCCC(O)C(CO)NC(=O)CCCCCCC/C=C\CCCCOC(=O)CCCCCCCCCCCCCCCCCCC. The number of hydrogen-bond acceptors (Lipinski definition) is 5. The van der Waals surface area contributed by atoms with Crippen LogP contribution >= 0.6 is 0 Å². The van der Waals surface area contributed by atoms with E-state index in [4.69, 9.17) is 4.74 Å². The van der Waals surface area contributed by atoms with Gasteiger partial charge in [-0.1, -0.05) is 289 Å². The maximum atomic E-state index is 12.5. The van der Waals surface area contributed by atoms with Crippen LogP contribution in [0.2, 0.25) is 0 Å². The molecular formula is C61H119NO5. The van der Waals surface area contributed by atoms with E-state index in [1.54, 1.807) is 0 Å². The van der Waals surface area contributed by atoms with Gasteiger partial charge in [0.2, 0.25) is 5.91 Å². The Morgan fingerprint density at radius 1 is 0.403 bits per heavy atom. The number of unbranched alkanes of at least 4 members (excludes halogenated alkanes) is 44. The first-order chi connectivity index (χ1) is 33.0. The molecule has 0 heterocycles. The molecule has 0 aliphatic carbocycles. The highest BCUT2D eigenvalue weighted by Crippen LogP contribution is 2.18. The number of aliphatic hydroxyl groups is 2. The van der Waals surface area contributed by atoms with Crippen LogP contribution in [-0.2, 0) is 14.3 Å². The van der Waals surface area contributed by atoms with E-state index in [1.165, 1.54) is 231 Å². The third kappa shape index (κ3) is 53.8. The summed E-state index contributed by atoms with van der Waals surface area (Å²) in [7, 11) is 0. The second-order valence-corrected chi connectivity index (χ2v) is 21.0. The first-order valence-corrected chi connectivity index (χ1v) is 30.4. The molecule has 0 saturated carbocycles. The zero-order valence-corrected chi connectivity index (χ0v) is 45.4. The highest BCUT2D eigenvalue weighted by molar-refractivity contribution is 5.76. The lowest BCUT2D eigenvalue weighted by Gasteiger charge is -2.22. The molecule has 0 bridgehead atoms. The Morgan fingerprint density at radius 2 is 0.701 bits per heavy atom. The van der Waals surface area contributed by atoms with Crippen molar-refractivity contribution in [2.75, 3.05) is 13.2 Å². The Bertz CT molecular complexity index is 1000. The minimum absolute atomic E-state index is 0.0260. The van der Waals surface area contributed by atoms with E-state index in [2.05, 4.69) is 31.3 Å². The minimum Gasteiger partial charge on any atom is -0.466 e. The third-order valence-corrected chi connectivity index (χ3v) is 14.3. The second kappa shape index (κ2) is 57.2. The number of esters is 1. The van der Waals surface area contributed by atoms with E-state index < -0.39 is 12.1 Å². The summed E-state index contributed by atoms with van der Waals surface area (Å²) in [5.74, 6) is -0.0857. The molecule has 6 nitrogen and oxygen atoms in total. The fourth-order valence-corrected chi connectivity index (χ4v) is 9.64. The van der Waals surface area contributed by atoms with Gasteiger partial charge in [0.1, 0.15) is 0 Å². The standard InChI is InChI=1S/C61H119NO5/c1-3-5-7-9-11-13-15-17-19-21-22-23-24-25-27-28-30-33-37-41-45-49-53-59(64)58(57-63)62-60(65)54-50-46-42-38-34-32-36-40-44-48-52-56-67-61(66)55-51-47-43-39-35-31-29-26-20-18-16-14-12-10-8-6-4-2/h36,40,58-59,63-64H,3-35,37-39,41-57H2,1-2H3,(H,62,65)/b40-36-. The molecule has 0 saturated heterocycles. The van der Waals surface area contributed by atoms with E-state index in [9.17, 15) is 19.8 Å². The summed E-state index contributed by atoms with van der Waals surface area (Å²) in [5.41, 5.74) is 0. The van der Waals surface area contributed by atoms with Crippen molar-refractivity contribution < 1.29 is 24.5 Å². The number of carbonyl (C=O) groups excluding carboxylic acids is 2. The molecule has 0 aliphatic rings. The van der Waals surface area contributed by atoms with Crippen molar-refractivity contribution in [1.82, 2.24) is 5.32 Å². The smallest absolute Gasteiger partial charge is 0.305 e. The average molecular weight is 947 g/mol. The van der Waals surface area contributed by atoms with Gasteiger partial charge in [-0.05, 0) is 51.4 Å². The van der Waals surface area contributed by atoms with Gasteiger partial charge in [-0.15, -0.1) is 0 Å². The van der Waals surface area contributed by atoms with Crippen LogP contribution in [0, 0.1) is 0 Å². The molecule has 0 fully saturated rings. The number of ether oxygens (including phenoxy) is 1. The van der Waals surface area contributed by atoms with E-state index >= 15 is 0 Å². The summed E-state index contributed by atoms with van der Waals surface area (Å²) in [6, 6.07) is -0.562. The highest BCUT2D eigenvalue weighted by Gasteiger charge is 2.20. The number of rotatable bonds is 57. The molecular weight excluding hydrogens is 827 g/mol. The van der Waals surface area contributed by atoms with E-state index in [1.807, 2.05) is 0 Å². The second-order valence-electron chi connectivity index (χ2n) is 21.0. The van der Waals surface area contributed by atoms with Gasteiger partial charge in [0, 0.05) is 12.8 Å². The van der Waals surface area contributed by atoms with Crippen molar-refractivity contribution in [2.24, 2.45) is 0 Å². The Hall–Kier alpha value is -1.40. The van der Waals surface area contributed by atoms with Gasteiger partial charge < -0.3 is 20.3 Å². The van der Waals surface area contributed by atoms with E-state index in [0.717, 1.165) is 77.0 Å². The van der Waals surface area contributed by atoms with Crippen LogP contribution < -0.4 is 5.32 Å². The highest BCUT2D eigenvalue weighted by atomic mass is 16.5. The topological polar surface area (TPSA) is 95.9 Å². The fourth-order valence-electron chi connectivity index (χ4n) is 9.64. The maximum absolute atomic E-state index is 12.5. The van der Waals surface area contributed by atoms with Crippen molar-refractivity contribution >= 4 is 11.9 Å². The lowest BCUT2D eigenvalue weighted by Crippen LogP contribution is -2.45. The molecule has 1 amide bonds. The molecule has 0 aromatic rings. The van der Waals surface area contributed by atoms with E-state index in [0.29, 0.717) is 25.9 Å². The van der Waals surface area contributed by atoms with Gasteiger partial charge in [0.05, 0.1) is 25.4 Å². The van der Waals surface area contributed by atoms with Gasteiger partial charge in [-0.25, -0.2) is 0 Å².